The molecule has 118 valence electrons. The van der Waals surface area contributed by atoms with Gasteiger partial charge in [-0.25, -0.2) is 4.79 Å². The minimum absolute atomic E-state index is 0.174. The van der Waals surface area contributed by atoms with Crippen molar-refractivity contribution < 1.29 is 23.8 Å². The van der Waals surface area contributed by atoms with Crippen molar-refractivity contribution in [2.45, 2.75) is 25.3 Å². The van der Waals surface area contributed by atoms with Gasteiger partial charge in [0.2, 0.25) is 0 Å². The van der Waals surface area contributed by atoms with Gasteiger partial charge >= 0.3 is 5.97 Å². The molecule has 0 saturated carbocycles. The predicted molar refractivity (Wildman–Crippen MR) is 78.1 cm³/mol. The third-order valence-electron chi connectivity index (χ3n) is 4.03. The number of esters is 1. The van der Waals surface area contributed by atoms with E-state index in [9.17, 15) is 9.59 Å². The normalized spacial score (nSPS) is 20.4. The van der Waals surface area contributed by atoms with Crippen molar-refractivity contribution in [3.05, 3.63) is 23.8 Å². The van der Waals surface area contributed by atoms with Crippen LogP contribution in [0.5, 0.6) is 11.5 Å². The SMILES string of the molecule is COC(=O)[C@@H]1CCCCN1C(=O)c1ccc2c(c1)OCCO2. The van der Waals surface area contributed by atoms with Crippen LogP contribution in [0.2, 0.25) is 0 Å². The molecular weight excluding hydrogens is 286 g/mol. The predicted octanol–water partition coefficient (Wildman–Crippen LogP) is 1.63. The Morgan fingerprint density at radius 3 is 2.73 bits per heavy atom. The molecule has 0 N–H and O–H groups in total. The fraction of sp³-hybridized carbons (Fsp3) is 0.500. The average Bonchev–Trinajstić information content (AvgIpc) is 2.60. The molecule has 1 aromatic rings. The van der Waals surface area contributed by atoms with E-state index in [0.29, 0.717) is 43.2 Å². The van der Waals surface area contributed by atoms with Crippen LogP contribution in [0.3, 0.4) is 0 Å². The second-order valence-corrected chi connectivity index (χ2v) is 5.39. The van der Waals surface area contributed by atoms with Crippen LogP contribution in [0.4, 0.5) is 0 Å². The highest BCUT2D eigenvalue weighted by molar-refractivity contribution is 5.97. The highest BCUT2D eigenvalue weighted by Gasteiger charge is 2.33. The number of hydrogen-bond donors (Lipinski definition) is 0. The van der Waals surface area contributed by atoms with Gasteiger partial charge in [-0.1, -0.05) is 0 Å². The lowest BCUT2D eigenvalue weighted by atomic mass is 10.0. The van der Waals surface area contributed by atoms with Gasteiger partial charge in [0.15, 0.2) is 11.5 Å². The van der Waals surface area contributed by atoms with E-state index in [0.717, 1.165) is 12.8 Å². The molecule has 6 heteroatoms. The number of ether oxygens (including phenoxy) is 3. The monoisotopic (exact) mass is 305 g/mol. The van der Waals surface area contributed by atoms with Crippen LogP contribution >= 0.6 is 0 Å². The number of piperidine rings is 1. The van der Waals surface area contributed by atoms with Crippen LogP contribution < -0.4 is 9.47 Å². The Kier molecular flexibility index (Phi) is 4.18. The van der Waals surface area contributed by atoms with Gasteiger partial charge in [-0.05, 0) is 37.5 Å². The Morgan fingerprint density at radius 2 is 1.95 bits per heavy atom. The van der Waals surface area contributed by atoms with Gasteiger partial charge in [0.1, 0.15) is 19.3 Å². The number of carbonyl (C=O) groups is 2. The molecule has 3 rings (SSSR count). The lowest BCUT2D eigenvalue weighted by Gasteiger charge is -2.34. The molecule has 22 heavy (non-hydrogen) atoms. The van der Waals surface area contributed by atoms with Gasteiger partial charge in [0.25, 0.3) is 5.91 Å². The number of amides is 1. The van der Waals surface area contributed by atoms with Crippen LogP contribution in [-0.4, -0.2) is 49.7 Å². The average molecular weight is 305 g/mol. The summed E-state index contributed by atoms with van der Waals surface area (Å²) in [4.78, 5) is 26.2. The van der Waals surface area contributed by atoms with E-state index < -0.39 is 6.04 Å². The summed E-state index contributed by atoms with van der Waals surface area (Å²) in [6, 6.07) is 4.62. The van der Waals surface area contributed by atoms with Crippen LogP contribution in [-0.2, 0) is 9.53 Å². The highest BCUT2D eigenvalue weighted by Crippen LogP contribution is 2.32. The van der Waals surface area contributed by atoms with Crippen molar-refractivity contribution in [3.8, 4) is 11.5 Å². The van der Waals surface area contributed by atoms with Gasteiger partial charge in [-0.15, -0.1) is 0 Å². The number of hydrogen-bond acceptors (Lipinski definition) is 5. The number of rotatable bonds is 2. The molecule has 0 bridgehead atoms. The molecule has 0 radical (unpaired) electrons. The lowest BCUT2D eigenvalue weighted by molar-refractivity contribution is -0.147. The molecule has 0 aliphatic carbocycles. The van der Waals surface area contributed by atoms with Crippen molar-refractivity contribution in [1.82, 2.24) is 4.90 Å². The number of likely N-dealkylation sites (tertiary alicyclic amines) is 1. The Labute approximate surface area is 128 Å². The van der Waals surface area contributed by atoms with Crippen molar-refractivity contribution >= 4 is 11.9 Å². The van der Waals surface area contributed by atoms with Gasteiger partial charge in [-0.3, -0.25) is 4.79 Å². The maximum atomic E-state index is 12.7. The molecule has 2 aliphatic rings. The first-order chi connectivity index (χ1) is 10.7. The van der Waals surface area contributed by atoms with Crippen LogP contribution in [0, 0.1) is 0 Å². The number of nitrogens with zero attached hydrogens (tertiary/aromatic N) is 1. The van der Waals surface area contributed by atoms with Crippen LogP contribution in [0.15, 0.2) is 18.2 Å². The number of carbonyl (C=O) groups excluding carboxylic acids is 2. The first kappa shape index (κ1) is 14.7. The van der Waals surface area contributed by atoms with E-state index in [2.05, 4.69) is 0 Å². The summed E-state index contributed by atoms with van der Waals surface area (Å²) in [5.41, 5.74) is 0.500. The number of methoxy groups -OCH3 is 1. The van der Waals surface area contributed by atoms with Crippen molar-refractivity contribution in [3.63, 3.8) is 0 Å². The topological polar surface area (TPSA) is 65.1 Å². The highest BCUT2D eigenvalue weighted by atomic mass is 16.6. The van der Waals surface area contributed by atoms with Gasteiger partial charge in [0, 0.05) is 12.1 Å². The van der Waals surface area contributed by atoms with Crippen LogP contribution in [0.25, 0.3) is 0 Å². The quantitative estimate of drug-likeness (QED) is 0.777. The standard InChI is InChI=1S/C16H19NO5/c1-20-16(19)12-4-2-3-7-17(12)15(18)11-5-6-13-14(10-11)22-9-8-21-13/h5-6,10,12H,2-4,7-9H2,1H3/t12-/m0/s1. The molecular formula is C16H19NO5. The molecule has 1 aromatic carbocycles. The summed E-state index contributed by atoms with van der Waals surface area (Å²) in [6.45, 7) is 1.54. The summed E-state index contributed by atoms with van der Waals surface area (Å²) in [5.74, 6) is 0.687. The maximum Gasteiger partial charge on any atom is 0.328 e. The molecule has 0 unspecified atom stereocenters. The van der Waals surface area contributed by atoms with E-state index in [-0.39, 0.29) is 11.9 Å². The molecule has 2 aliphatic heterocycles. The van der Waals surface area contributed by atoms with Crippen molar-refractivity contribution in [2.75, 3.05) is 26.9 Å². The number of benzene rings is 1. The Balaban J connectivity index is 1.84. The largest absolute Gasteiger partial charge is 0.486 e. The molecule has 6 nitrogen and oxygen atoms in total. The Bertz CT molecular complexity index is 586. The third-order valence-corrected chi connectivity index (χ3v) is 4.03. The second kappa shape index (κ2) is 6.25. The molecule has 1 amide bonds. The zero-order chi connectivity index (χ0) is 15.5. The van der Waals surface area contributed by atoms with E-state index in [1.807, 2.05) is 0 Å². The minimum atomic E-state index is -0.501. The zero-order valence-corrected chi connectivity index (χ0v) is 12.5. The Morgan fingerprint density at radius 1 is 1.18 bits per heavy atom. The molecule has 0 spiro atoms. The molecule has 1 atom stereocenters. The second-order valence-electron chi connectivity index (χ2n) is 5.39. The summed E-state index contributed by atoms with van der Waals surface area (Å²) in [6.07, 6.45) is 2.46. The smallest absolute Gasteiger partial charge is 0.328 e. The minimum Gasteiger partial charge on any atom is -0.486 e. The van der Waals surface area contributed by atoms with E-state index in [1.54, 1.807) is 23.1 Å². The molecule has 1 saturated heterocycles. The van der Waals surface area contributed by atoms with Crippen molar-refractivity contribution in [1.29, 1.82) is 0 Å². The number of fused-ring (bicyclic) bond motifs is 1. The summed E-state index contributed by atoms with van der Waals surface area (Å²) >= 11 is 0. The molecule has 2 heterocycles. The van der Waals surface area contributed by atoms with Crippen LogP contribution in [0.1, 0.15) is 29.6 Å². The summed E-state index contributed by atoms with van der Waals surface area (Å²) in [5, 5.41) is 0. The van der Waals surface area contributed by atoms with Gasteiger partial charge < -0.3 is 19.1 Å². The third kappa shape index (κ3) is 2.73. The van der Waals surface area contributed by atoms with Crippen molar-refractivity contribution in [2.24, 2.45) is 0 Å². The fourth-order valence-corrected chi connectivity index (χ4v) is 2.90. The lowest BCUT2D eigenvalue weighted by Crippen LogP contribution is -2.48. The first-order valence-electron chi connectivity index (χ1n) is 7.49. The maximum absolute atomic E-state index is 12.7. The van der Waals surface area contributed by atoms with Gasteiger partial charge in [0.05, 0.1) is 7.11 Å². The summed E-state index contributed by atoms with van der Waals surface area (Å²) in [7, 11) is 1.35. The van der Waals surface area contributed by atoms with Gasteiger partial charge in [-0.2, -0.15) is 0 Å². The zero-order valence-electron chi connectivity index (χ0n) is 12.5. The first-order valence-corrected chi connectivity index (χ1v) is 7.49. The Hall–Kier alpha value is -2.24. The van der Waals surface area contributed by atoms with E-state index in [4.69, 9.17) is 14.2 Å². The summed E-state index contributed by atoms with van der Waals surface area (Å²) < 4.78 is 15.8. The fourth-order valence-electron chi connectivity index (χ4n) is 2.90. The van der Waals surface area contributed by atoms with E-state index in [1.165, 1.54) is 7.11 Å². The molecule has 1 fully saturated rings. The van der Waals surface area contributed by atoms with E-state index >= 15 is 0 Å². The molecule has 0 aromatic heterocycles.